The number of alkyl halides is 3. The minimum atomic E-state index is -4.48. The highest BCUT2D eigenvalue weighted by Gasteiger charge is 2.33. The van der Waals surface area contributed by atoms with Crippen LogP contribution in [0.4, 0.5) is 13.2 Å². The van der Waals surface area contributed by atoms with Crippen molar-refractivity contribution < 1.29 is 22.7 Å². The van der Waals surface area contributed by atoms with Crippen molar-refractivity contribution in [1.82, 2.24) is 9.88 Å². The molecule has 0 saturated heterocycles. The van der Waals surface area contributed by atoms with E-state index in [1.165, 1.54) is 22.8 Å². The lowest BCUT2D eigenvalue weighted by Crippen LogP contribution is -2.39. The molecule has 0 radical (unpaired) electrons. The minimum Gasteiger partial charge on any atom is -0.494 e. The second kappa shape index (κ2) is 8.15. The van der Waals surface area contributed by atoms with Crippen LogP contribution in [0, 0.1) is 0 Å². The summed E-state index contributed by atoms with van der Waals surface area (Å²) in [6.07, 6.45) is -3.23. The van der Waals surface area contributed by atoms with Crippen LogP contribution < -0.4 is 4.74 Å². The van der Waals surface area contributed by atoms with Crippen LogP contribution in [0.15, 0.2) is 42.3 Å². The Morgan fingerprint density at radius 3 is 2.60 bits per heavy atom. The van der Waals surface area contributed by atoms with E-state index in [9.17, 15) is 18.0 Å². The van der Waals surface area contributed by atoms with Crippen molar-refractivity contribution in [2.24, 2.45) is 0 Å². The fourth-order valence-electron chi connectivity index (χ4n) is 2.12. The summed E-state index contributed by atoms with van der Waals surface area (Å²) in [5.74, 6) is -0.0629. The smallest absolute Gasteiger partial charge is 0.406 e. The number of aromatic nitrogens is 1. The van der Waals surface area contributed by atoms with Gasteiger partial charge in [-0.3, -0.25) is 4.79 Å². The molecule has 0 aliphatic carbocycles. The second-order valence-electron chi connectivity index (χ2n) is 5.08. The van der Waals surface area contributed by atoms with Gasteiger partial charge in [-0.25, -0.2) is 4.98 Å². The third-order valence-corrected chi connectivity index (χ3v) is 4.03. The number of thiazole rings is 1. The van der Waals surface area contributed by atoms with Crippen LogP contribution in [0.3, 0.4) is 0 Å². The molecule has 0 saturated carbocycles. The summed E-state index contributed by atoms with van der Waals surface area (Å²) in [5.41, 5.74) is 0.749. The average molecular weight is 370 g/mol. The van der Waals surface area contributed by atoms with Gasteiger partial charge in [-0.15, -0.1) is 17.9 Å². The van der Waals surface area contributed by atoms with E-state index in [1.54, 1.807) is 24.3 Å². The standard InChI is InChI=1S/C17H17F3N2O2S/c1-3-9-22(11-17(18,19)20)16(23)14-10-25-15(21-14)12-5-7-13(8-6-12)24-4-2/h3,5-8,10H,1,4,9,11H2,2H3. The van der Waals surface area contributed by atoms with Crippen molar-refractivity contribution in [1.29, 1.82) is 0 Å². The third kappa shape index (κ3) is 5.32. The first-order valence-electron chi connectivity index (χ1n) is 7.49. The number of ether oxygens (including phenoxy) is 1. The zero-order chi connectivity index (χ0) is 18.4. The molecule has 0 atom stereocenters. The fourth-order valence-corrected chi connectivity index (χ4v) is 2.92. The molecular weight excluding hydrogens is 353 g/mol. The van der Waals surface area contributed by atoms with Crippen LogP contribution in [0.1, 0.15) is 17.4 Å². The molecule has 1 aromatic heterocycles. The van der Waals surface area contributed by atoms with E-state index in [0.717, 1.165) is 5.56 Å². The summed E-state index contributed by atoms with van der Waals surface area (Å²) in [7, 11) is 0. The Bertz CT molecular complexity index is 726. The zero-order valence-electron chi connectivity index (χ0n) is 13.5. The summed E-state index contributed by atoms with van der Waals surface area (Å²) in [6.45, 7) is 4.28. The molecular formula is C17H17F3N2O2S. The monoisotopic (exact) mass is 370 g/mol. The number of amides is 1. The molecule has 4 nitrogen and oxygen atoms in total. The van der Waals surface area contributed by atoms with Crippen LogP contribution in [0.25, 0.3) is 10.6 Å². The van der Waals surface area contributed by atoms with Gasteiger partial charge >= 0.3 is 6.18 Å². The molecule has 0 unspecified atom stereocenters. The highest BCUT2D eigenvalue weighted by Crippen LogP contribution is 2.27. The largest absolute Gasteiger partial charge is 0.494 e. The van der Waals surface area contributed by atoms with Crippen molar-refractivity contribution in [2.75, 3.05) is 19.7 Å². The topological polar surface area (TPSA) is 42.4 Å². The first kappa shape index (κ1) is 19.0. The quantitative estimate of drug-likeness (QED) is 0.679. The van der Waals surface area contributed by atoms with Crippen molar-refractivity contribution in [3.05, 3.63) is 48.0 Å². The highest BCUT2D eigenvalue weighted by molar-refractivity contribution is 7.13. The molecule has 0 spiro atoms. The van der Waals surface area contributed by atoms with Gasteiger partial charge < -0.3 is 9.64 Å². The number of nitrogens with zero attached hydrogens (tertiary/aromatic N) is 2. The van der Waals surface area contributed by atoms with Crippen molar-refractivity contribution in [3.63, 3.8) is 0 Å². The Hall–Kier alpha value is -2.35. The van der Waals surface area contributed by atoms with Crippen LogP contribution in [0.2, 0.25) is 0 Å². The molecule has 0 aliphatic rings. The maximum atomic E-state index is 12.6. The molecule has 1 amide bonds. The molecule has 2 rings (SSSR count). The van der Waals surface area contributed by atoms with Crippen LogP contribution >= 0.6 is 11.3 Å². The second-order valence-corrected chi connectivity index (χ2v) is 5.94. The minimum absolute atomic E-state index is 0.0139. The molecule has 25 heavy (non-hydrogen) atoms. The van der Waals surface area contributed by atoms with E-state index >= 15 is 0 Å². The fraction of sp³-hybridized carbons (Fsp3) is 0.294. The number of hydrogen-bond donors (Lipinski definition) is 0. The lowest BCUT2D eigenvalue weighted by Gasteiger charge is -2.21. The van der Waals surface area contributed by atoms with Crippen LogP contribution in [0.5, 0.6) is 5.75 Å². The Labute approximate surface area is 147 Å². The Morgan fingerprint density at radius 2 is 2.04 bits per heavy atom. The third-order valence-electron chi connectivity index (χ3n) is 3.14. The normalized spacial score (nSPS) is 11.2. The first-order valence-corrected chi connectivity index (χ1v) is 8.37. The number of benzene rings is 1. The number of rotatable bonds is 7. The van der Waals surface area contributed by atoms with Crippen LogP contribution in [-0.4, -0.2) is 41.7 Å². The van der Waals surface area contributed by atoms with Gasteiger partial charge in [0.05, 0.1) is 6.61 Å². The Morgan fingerprint density at radius 1 is 1.36 bits per heavy atom. The number of carbonyl (C=O) groups excluding carboxylic acids is 1. The van der Waals surface area contributed by atoms with Crippen molar-refractivity contribution in [3.8, 4) is 16.3 Å². The van der Waals surface area contributed by atoms with E-state index in [-0.39, 0.29) is 12.2 Å². The van der Waals surface area contributed by atoms with E-state index in [1.807, 2.05) is 6.92 Å². The van der Waals surface area contributed by atoms with E-state index in [0.29, 0.717) is 22.3 Å². The Balaban J connectivity index is 2.18. The van der Waals surface area contributed by atoms with Gasteiger partial charge in [0.2, 0.25) is 0 Å². The molecule has 0 bridgehead atoms. The van der Waals surface area contributed by atoms with Crippen molar-refractivity contribution in [2.45, 2.75) is 13.1 Å². The van der Waals surface area contributed by atoms with Gasteiger partial charge in [0.15, 0.2) is 0 Å². The van der Waals surface area contributed by atoms with Crippen molar-refractivity contribution >= 4 is 17.2 Å². The van der Waals surface area contributed by atoms with E-state index < -0.39 is 18.6 Å². The maximum absolute atomic E-state index is 12.6. The first-order chi connectivity index (χ1) is 11.8. The molecule has 8 heteroatoms. The summed E-state index contributed by atoms with van der Waals surface area (Å²) in [6, 6.07) is 7.12. The molecule has 1 heterocycles. The number of hydrogen-bond acceptors (Lipinski definition) is 4. The molecule has 0 fully saturated rings. The predicted octanol–water partition coefficient (Wildman–Crippen LogP) is 4.40. The SMILES string of the molecule is C=CCN(CC(F)(F)F)C(=O)c1csc(-c2ccc(OCC)cc2)n1. The summed E-state index contributed by atoms with van der Waals surface area (Å²) in [5, 5.41) is 2.01. The summed E-state index contributed by atoms with van der Waals surface area (Å²) >= 11 is 1.20. The van der Waals surface area contributed by atoms with Gasteiger partial charge in [0.25, 0.3) is 5.91 Å². The van der Waals surface area contributed by atoms with E-state index in [2.05, 4.69) is 11.6 Å². The Kier molecular flexibility index (Phi) is 6.19. The average Bonchev–Trinajstić information content (AvgIpc) is 3.03. The van der Waals surface area contributed by atoms with Crippen LogP contribution in [-0.2, 0) is 0 Å². The molecule has 0 aliphatic heterocycles. The zero-order valence-corrected chi connectivity index (χ0v) is 14.4. The van der Waals surface area contributed by atoms with Gasteiger partial charge in [0, 0.05) is 17.5 Å². The number of halogens is 3. The van der Waals surface area contributed by atoms with Gasteiger partial charge in [-0.1, -0.05) is 6.08 Å². The lowest BCUT2D eigenvalue weighted by molar-refractivity contribution is -0.139. The predicted molar refractivity (Wildman–Crippen MR) is 90.9 cm³/mol. The van der Waals surface area contributed by atoms with Gasteiger partial charge in [0.1, 0.15) is 23.0 Å². The molecule has 2 aromatic rings. The van der Waals surface area contributed by atoms with Gasteiger partial charge in [-0.2, -0.15) is 13.2 Å². The summed E-state index contributed by atoms with van der Waals surface area (Å²) in [4.78, 5) is 17.1. The maximum Gasteiger partial charge on any atom is 0.406 e. The molecule has 0 N–H and O–H groups in total. The molecule has 134 valence electrons. The lowest BCUT2D eigenvalue weighted by atomic mass is 10.2. The van der Waals surface area contributed by atoms with E-state index in [4.69, 9.17) is 4.74 Å². The molecule has 1 aromatic carbocycles. The highest BCUT2D eigenvalue weighted by atomic mass is 32.1. The summed E-state index contributed by atoms with van der Waals surface area (Å²) < 4.78 is 43.2. The van der Waals surface area contributed by atoms with Gasteiger partial charge in [-0.05, 0) is 31.2 Å². The number of carbonyl (C=O) groups is 1.